The summed E-state index contributed by atoms with van der Waals surface area (Å²) in [4.78, 5) is 0. The van der Waals surface area contributed by atoms with E-state index in [9.17, 15) is 0 Å². The molecule has 1 aromatic carbocycles. The van der Waals surface area contributed by atoms with Gasteiger partial charge in [0.15, 0.2) is 0 Å². The van der Waals surface area contributed by atoms with Gasteiger partial charge in [-0.3, -0.25) is 0 Å². The number of hydrogen-bond donors (Lipinski definition) is 1. The average molecular weight is 173 g/mol. The van der Waals surface area contributed by atoms with Crippen molar-refractivity contribution in [1.82, 2.24) is 5.32 Å². The third kappa shape index (κ3) is 1.99. The van der Waals surface area contributed by atoms with Crippen molar-refractivity contribution in [2.75, 3.05) is 0 Å². The normalized spacial score (nSPS) is 25.5. The minimum Gasteiger partial charge on any atom is -0.304 e. The Bertz CT molecular complexity index is 278. The van der Waals surface area contributed by atoms with Crippen LogP contribution in [0.15, 0.2) is 43.0 Å². The van der Waals surface area contributed by atoms with E-state index < -0.39 is 0 Å². The molecule has 0 radical (unpaired) electrons. The Morgan fingerprint density at radius 3 is 2.77 bits per heavy atom. The average Bonchev–Trinajstić information content (AvgIpc) is 2.95. The quantitative estimate of drug-likeness (QED) is 0.548. The van der Waals surface area contributed by atoms with Crippen LogP contribution in [-0.4, -0.2) is 6.04 Å². The zero-order valence-corrected chi connectivity index (χ0v) is 7.74. The van der Waals surface area contributed by atoms with E-state index in [1.54, 1.807) is 0 Å². The largest absolute Gasteiger partial charge is 0.304 e. The van der Waals surface area contributed by atoms with Gasteiger partial charge in [-0.15, -0.1) is 6.58 Å². The molecule has 0 bridgehead atoms. The summed E-state index contributed by atoms with van der Waals surface area (Å²) in [6.45, 7) is 3.73. The monoisotopic (exact) mass is 173 g/mol. The fraction of sp³-hybridized carbons (Fsp3) is 0.333. The highest BCUT2D eigenvalue weighted by molar-refractivity contribution is 5.26. The van der Waals surface area contributed by atoms with E-state index in [0.717, 1.165) is 6.42 Å². The van der Waals surface area contributed by atoms with Crippen LogP contribution in [0.25, 0.3) is 0 Å². The first-order valence-corrected chi connectivity index (χ1v) is 4.83. The van der Waals surface area contributed by atoms with Crippen molar-refractivity contribution in [3.8, 4) is 0 Å². The molecule has 1 aromatic rings. The maximum atomic E-state index is 3.73. The number of allylic oxidation sites excluding steroid dienone is 1. The van der Waals surface area contributed by atoms with Crippen LogP contribution in [0, 0.1) is 0 Å². The molecule has 1 aliphatic heterocycles. The van der Waals surface area contributed by atoms with Gasteiger partial charge < -0.3 is 5.32 Å². The molecule has 1 fully saturated rings. The van der Waals surface area contributed by atoms with Gasteiger partial charge in [0.2, 0.25) is 0 Å². The van der Waals surface area contributed by atoms with Gasteiger partial charge in [-0.2, -0.15) is 0 Å². The van der Waals surface area contributed by atoms with Crippen molar-refractivity contribution in [2.45, 2.75) is 24.9 Å². The lowest BCUT2D eigenvalue weighted by Gasteiger charge is -1.95. The van der Waals surface area contributed by atoms with Crippen molar-refractivity contribution in [1.29, 1.82) is 0 Å². The topological polar surface area (TPSA) is 21.9 Å². The molecule has 1 N–H and O–H groups in total. The molecule has 1 nitrogen and oxygen atoms in total. The molecule has 0 spiro atoms. The van der Waals surface area contributed by atoms with Crippen LogP contribution in [0.2, 0.25) is 0 Å². The number of benzene rings is 1. The second-order valence-electron chi connectivity index (χ2n) is 3.53. The van der Waals surface area contributed by atoms with Crippen LogP contribution in [0.4, 0.5) is 0 Å². The lowest BCUT2D eigenvalue weighted by Crippen LogP contribution is -1.88. The Kier molecular flexibility index (Phi) is 2.46. The molecule has 0 aromatic heterocycles. The molecule has 1 heteroatoms. The minimum atomic E-state index is 0.598. The highest BCUT2D eigenvalue weighted by Crippen LogP contribution is 2.32. The zero-order chi connectivity index (χ0) is 9.10. The summed E-state index contributed by atoms with van der Waals surface area (Å²) in [5.41, 5.74) is 1.41. The second-order valence-corrected chi connectivity index (χ2v) is 3.53. The van der Waals surface area contributed by atoms with Crippen LogP contribution in [0.5, 0.6) is 0 Å². The van der Waals surface area contributed by atoms with Gasteiger partial charge in [-0.1, -0.05) is 36.4 Å². The second kappa shape index (κ2) is 3.75. The van der Waals surface area contributed by atoms with Crippen LogP contribution >= 0.6 is 0 Å². The molecule has 68 valence electrons. The SMILES string of the molecule is C=CCC[C@@H]1N[C@@H]1c1ccccc1. The molecule has 1 saturated heterocycles. The van der Waals surface area contributed by atoms with E-state index >= 15 is 0 Å². The molecular formula is C12H15N. The van der Waals surface area contributed by atoms with Gasteiger partial charge in [-0.25, -0.2) is 0 Å². The molecule has 13 heavy (non-hydrogen) atoms. The van der Waals surface area contributed by atoms with E-state index in [-0.39, 0.29) is 0 Å². The van der Waals surface area contributed by atoms with Gasteiger partial charge in [0.1, 0.15) is 0 Å². The summed E-state index contributed by atoms with van der Waals surface area (Å²) in [7, 11) is 0. The molecule has 1 aliphatic rings. The van der Waals surface area contributed by atoms with Crippen molar-refractivity contribution >= 4 is 0 Å². The van der Waals surface area contributed by atoms with Crippen molar-refractivity contribution in [3.63, 3.8) is 0 Å². The Hall–Kier alpha value is -1.08. The summed E-state index contributed by atoms with van der Waals surface area (Å²) in [5.74, 6) is 0. The van der Waals surface area contributed by atoms with E-state index in [4.69, 9.17) is 0 Å². The minimum absolute atomic E-state index is 0.598. The molecule has 2 atom stereocenters. The van der Waals surface area contributed by atoms with Gasteiger partial charge in [0, 0.05) is 12.1 Å². The lowest BCUT2D eigenvalue weighted by molar-refractivity contribution is 0.804. The number of nitrogens with one attached hydrogen (secondary N) is 1. The summed E-state index contributed by atoms with van der Waals surface area (Å²) in [6, 6.07) is 11.9. The fourth-order valence-electron chi connectivity index (χ4n) is 1.71. The molecule has 1 heterocycles. The first-order valence-electron chi connectivity index (χ1n) is 4.83. The zero-order valence-electron chi connectivity index (χ0n) is 7.74. The summed E-state index contributed by atoms with van der Waals surface area (Å²) >= 11 is 0. The van der Waals surface area contributed by atoms with E-state index in [0.29, 0.717) is 12.1 Å². The summed E-state index contributed by atoms with van der Waals surface area (Å²) in [5, 5.41) is 3.47. The molecular weight excluding hydrogens is 158 g/mol. The maximum absolute atomic E-state index is 3.73. The molecule has 0 unspecified atom stereocenters. The smallest absolute Gasteiger partial charge is 0.0478 e. The highest BCUT2D eigenvalue weighted by atomic mass is 15.1. The molecule has 0 aliphatic carbocycles. The van der Waals surface area contributed by atoms with Crippen LogP contribution in [-0.2, 0) is 0 Å². The van der Waals surface area contributed by atoms with Crippen molar-refractivity contribution < 1.29 is 0 Å². The highest BCUT2D eigenvalue weighted by Gasteiger charge is 2.35. The van der Waals surface area contributed by atoms with Crippen molar-refractivity contribution in [3.05, 3.63) is 48.6 Å². The molecule has 2 rings (SSSR count). The Morgan fingerprint density at radius 1 is 1.31 bits per heavy atom. The Balaban J connectivity index is 1.89. The number of hydrogen-bond acceptors (Lipinski definition) is 1. The maximum Gasteiger partial charge on any atom is 0.0478 e. The standard InChI is InChI=1S/C12H15N/c1-2-3-9-11-12(13-11)10-7-5-4-6-8-10/h2,4-8,11-13H,1,3,9H2/t11-,12+/m0/s1. The van der Waals surface area contributed by atoms with E-state index in [1.165, 1.54) is 12.0 Å². The predicted octanol–water partition coefficient (Wildman–Crippen LogP) is 2.67. The van der Waals surface area contributed by atoms with E-state index in [1.807, 2.05) is 6.08 Å². The molecule has 0 amide bonds. The third-order valence-electron chi connectivity index (χ3n) is 2.53. The lowest BCUT2D eigenvalue weighted by atomic mass is 10.1. The molecule has 0 saturated carbocycles. The van der Waals surface area contributed by atoms with Gasteiger partial charge in [0.05, 0.1) is 0 Å². The van der Waals surface area contributed by atoms with Gasteiger partial charge in [-0.05, 0) is 18.4 Å². The van der Waals surface area contributed by atoms with Crippen molar-refractivity contribution in [2.24, 2.45) is 0 Å². The van der Waals surface area contributed by atoms with Crippen LogP contribution < -0.4 is 5.32 Å². The summed E-state index contributed by atoms with van der Waals surface area (Å²) in [6.07, 6.45) is 4.31. The van der Waals surface area contributed by atoms with E-state index in [2.05, 4.69) is 42.2 Å². The van der Waals surface area contributed by atoms with Crippen LogP contribution in [0.3, 0.4) is 0 Å². The fourth-order valence-corrected chi connectivity index (χ4v) is 1.71. The third-order valence-corrected chi connectivity index (χ3v) is 2.53. The van der Waals surface area contributed by atoms with Gasteiger partial charge in [0.25, 0.3) is 0 Å². The Labute approximate surface area is 79.5 Å². The first kappa shape index (κ1) is 8.52. The first-order chi connectivity index (χ1) is 6.42. The Morgan fingerprint density at radius 2 is 2.08 bits per heavy atom. The number of rotatable bonds is 4. The van der Waals surface area contributed by atoms with Gasteiger partial charge >= 0.3 is 0 Å². The van der Waals surface area contributed by atoms with Crippen LogP contribution in [0.1, 0.15) is 24.4 Å². The predicted molar refractivity (Wildman–Crippen MR) is 55.5 cm³/mol. The summed E-state index contributed by atoms with van der Waals surface area (Å²) < 4.78 is 0.